The van der Waals surface area contributed by atoms with Gasteiger partial charge in [0, 0.05) is 18.6 Å². The minimum absolute atomic E-state index is 0. The van der Waals surface area contributed by atoms with E-state index in [0.29, 0.717) is 5.92 Å². The summed E-state index contributed by atoms with van der Waals surface area (Å²) in [6, 6.07) is 0.0485. The second-order valence-electron chi connectivity index (χ2n) is 6.44. The van der Waals surface area contributed by atoms with Gasteiger partial charge in [-0.15, -0.1) is 12.4 Å². The molecule has 1 unspecified atom stereocenters. The van der Waals surface area contributed by atoms with Gasteiger partial charge in [0.1, 0.15) is 5.75 Å². The van der Waals surface area contributed by atoms with Crippen molar-refractivity contribution in [2.45, 2.75) is 57.5 Å². The number of piperidine rings is 1. The Morgan fingerprint density at radius 3 is 2.41 bits per heavy atom. The first-order valence-corrected chi connectivity index (χ1v) is 9.60. The molecule has 3 N–H and O–H groups in total. The molecule has 0 spiro atoms. The Labute approximate surface area is 139 Å². The summed E-state index contributed by atoms with van der Waals surface area (Å²) < 4.78 is 26.8. The summed E-state index contributed by atoms with van der Waals surface area (Å²) in [5.74, 6) is -0.191. The molecular weight excluding hydrogens is 326 g/mol. The lowest BCUT2D eigenvalue weighted by atomic mass is 9.88. The molecule has 1 heterocycles. The van der Waals surface area contributed by atoms with Crippen LogP contribution in [0.5, 0.6) is 0 Å². The van der Waals surface area contributed by atoms with Gasteiger partial charge in [0.25, 0.3) is 0 Å². The molecule has 6 nitrogen and oxygen atoms in total. The molecule has 1 amide bonds. The van der Waals surface area contributed by atoms with Gasteiger partial charge in [0.15, 0.2) is 0 Å². The molecule has 0 aromatic carbocycles. The van der Waals surface area contributed by atoms with Crippen LogP contribution in [0.2, 0.25) is 0 Å². The minimum atomic E-state index is -3.53. The Morgan fingerprint density at radius 1 is 1.14 bits per heavy atom. The molecule has 2 aliphatic rings. The molecule has 0 bridgehead atoms. The fourth-order valence-electron chi connectivity index (χ4n) is 3.09. The van der Waals surface area contributed by atoms with Crippen LogP contribution in [0.3, 0.4) is 0 Å². The average molecular weight is 354 g/mol. The molecular formula is C14H28ClN3O3S. The van der Waals surface area contributed by atoms with E-state index in [0.717, 1.165) is 51.6 Å². The summed E-state index contributed by atoms with van der Waals surface area (Å²) in [6.45, 7) is 3.88. The van der Waals surface area contributed by atoms with Crippen molar-refractivity contribution in [1.29, 1.82) is 0 Å². The molecule has 1 saturated carbocycles. The van der Waals surface area contributed by atoms with Crippen molar-refractivity contribution >= 4 is 28.3 Å². The third kappa shape index (κ3) is 6.81. The lowest BCUT2D eigenvalue weighted by Gasteiger charge is -2.27. The van der Waals surface area contributed by atoms with E-state index in [1.807, 2.05) is 0 Å². The Bertz CT molecular complexity index is 444. The monoisotopic (exact) mass is 353 g/mol. The average Bonchev–Trinajstić information content (AvgIpc) is 2.41. The normalized spacial score (nSPS) is 29.4. The first-order chi connectivity index (χ1) is 9.94. The van der Waals surface area contributed by atoms with Crippen molar-refractivity contribution < 1.29 is 13.2 Å². The zero-order valence-electron chi connectivity index (χ0n) is 13.1. The number of hydrogen-bond acceptors (Lipinski definition) is 4. The molecule has 1 saturated heterocycles. The summed E-state index contributed by atoms with van der Waals surface area (Å²) in [6.07, 6.45) is 5.76. The van der Waals surface area contributed by atoms with Crippen molar-refractivity contribution in [2.75, 3.05) is 18.8 Å². The van der Waals surface area contributed by atoms with Crippen LogP contribution in [0.4, 0.5) is 0 Å². The molecule has 22 heavy (non-hydrogen) atoms. The van der Waals surface area contributed by atoms with E-state index in [2.05, 4.69) is 22.3 Å². The second-order valence-corrected chi connectivity index (χ2v) is 8.20. The summed E-state index contributed by atoms with van der Waals surface area (Å²) >= 11 is 0. The van der Waals surface area contributed by atoms with Gasteiger partial charge in [0.05, 0.1) is 0 Å². The van der Waals surface area contributed by atoms with Crippen molar-refractivity contribution in [1.82, 2.24) is 15.4 Å². The highest BCUT2D eigenvalue weighted by Crippen LogP contribution is 2.23. The van der Waals surface area contributed by atoms with E-state index in [9.17, 15) is 13.2 Å². The smallest absolute Gasteiger partial charge is 0.236 e. The highest BCUT2D eigenvalue weighted by molar-refractivity contribution is 7.90. The van der Waals surface area contributed by atoms with Crippen LogP contribution in [0.1, 0.15) is 45.4 Å². The summed E-state index contributed by atoms with van der Waals surface area (Å²) in [5.41, 5.74) is 0. The molecule has 0 radical (unpaired) electrons. The lowest BCUT2D eigenvalue weighted by Crippen LogP contribution is -2.49. The quantitative estimate of drug-likeness (QED) is 0.681. The Morgan fingerprint density at radius 2 is 1.82 bits per heavy atom. The van der Waals surface area contributed by atoms with Crippen LogP contribution in [0.15, 0.2) is 0 Å². The Hall–Kier alpha value is -0.370. The van der Waals surface area contributed by atoms with Gasteiger partial charge in [-0.25, -0.2) is 13.1 Å². The van der Waals surface area contributed by atoms with Crippen LogP contribution in [-0.4, -0.2) is 45.3 Å². The standard InChI is InChI=1S/C14H27N3O3S.ClH/c1-11-4-6-12(7-5-11)17-21(19,20)10-14(18)16-13-3-2-8-15-9-13;/h11-13,15,17H,2-10H2,1H3,(H,16,18);1H. The third-order valence-corrected chi connectivity index (χ3v) is 5.68. The lowest BCUT2D eigenvalue weighted by molar-refractivity contribution is -0.119. The van der Waals surface area contributed by atoms with Gasteiger partial charge >= 0.3 is 0 Å². The van der Waals surface area contributed by atoms with Gasteiger partial charge in [-0.2, -0.15) is 0 Å². The van der Waals surface area contributed by atoms with Crippen LogP contribution < -0.4 is 15.4 Å². The summed E-state index contributed by atoms with van der Waals surface area (Å²) in [5, 5.41) is 5.99. The number of carbonyl (C=O) groups is 1. The van der Waals surface area contributed by atoms with Gasteiger partial charge in [-0.1, -0.05) is 6.92 Å². The SMILES string of the molecule is CC1CCC(NS(=O)(=O)CC(=O)NC2CCCNC2)CC1.Cl. The van der Waals surface area contributed by atoms with Crippen molar-refractivity contribution in [3.05, 3.63) is 0 Å². The molecule has 8 heteroatoms. The molecule has 2 fully saturated rings. The first-order valence-electron chi connectivity index (χ1n) is 7.95. The zero-order valence-corrected chi connectivity index (χ0v) is 14.8. The predicted octanol–water partition coefficient (Wildman–Crippen LogP) is 0.775. The van der Waals surface area contributed by atoms with E-state index < -0.39 is 21.7 Å². The molecule has 0 aromatic rings. The van der Waals surface area contributed by atoms with Crippen LogP contribution in [0, 0.1) is 5.92 Å². The number of rotatable bonds is 5. The third-order valence-electron chi connectivity index (χ3n) is 4.35. The highest BCUT2D eigenvalue weighted by Gasteiger charge is 2.25. The fraction of sp³-hybridized carbons (Fsp3) is 0.929. The van der Waals surface area contributed by atoms with E-state index in [1.165, 1.54) is 0 Å². The largest absolute Gasteiger partial charge is 0.351 e. The van der Waals surface area contributed by atoms with E-state index in [4.69, 9.17) is 0 Å². The molecule has 1 atom stereocenters. The van der Waals surface area contributed by atoms with E-state index in [-0.39, 0.29) is 24.5 Å². The van der Waals surface area contributed by atoms with Crippen molar-refractivity contribution in [2.24, 2.45) is 5.92 Å². The number of nitrogens with one attached hydrogen (secondary N) is 3. The zero-order chi connectivity index (χ0) is 15.3. The number of halogens is 1. The van der Waals surface area contributed by atoms with E-state index in [1.54, 1.807) is 0 Å². The first kappa shape index (κ1) is 19.7. The van der Waals surface area contributed by atoms with E-state index >= 15 is 0 Å². The summed E-state index contributed by atoms with van der Waals surface area (Å²) in [4.78, 5) is 11.9. The van der Waals surface area contributed by atoms with Gasteiger partial charge < -0.3 is 10.6 Å². The van der Waals surface area contributed by atoms with Crippen LogP contribution in [-0.2, 0) is 14.8 Å². The minimum Gasteiger partial charge on any atom is -0.351 e. The Kier molecular flexibility index (Phi) is 8.10. The fourth-order valence-corrected chi connectivity index (χ4v) is 4.35. The molecule has 0 aromatic heterocycles. The highest BCUT2D eigenvalue weighted by atomic mass is 35.5. The van der Waals surface area contributed by atoms with Gasteiger partial charge in [-0.05, 0) is 51.0 Å². The molecule has 2 rings (SSSR count). The van der Waals surface area contributed by atoms with Crippen molar-refractivity contribution in [3.63, 3.8) is 0 Å². The number of amides is 1. The predicted molar refractivity (Wildman–Crippen MR) is 89.6 cm³/mol. The van der Waals surface area contributed by atoms with Gasteiger partial charge in [0.2, 0.25) is 15.9 Å². The number of hydrogen-bond donors (Lipinski definition) is 3. The van der Waals surface area contributed by atoms with Crippen molar-refractivity contribution in [3.8, 4) is 0 Å². The second kappa shape index (κ2) is 9.05. The maximum absolute atomic E-state index is 12.0. The Balaban J connectivity index is 0.00000242. The maximum Gasteiger partial charge on any atom is 0.236 e. The molecule has 130 valence electrons. The van der Waals surface area contributed by atoms with Crippen LogP contribution in [0.25, 0.3) is 0 Å². The maximum atomic E-state index is 12.0. The van der Waals surface area contributed by atoms with Crippen LogP contribution >= 0.6 is 12.4 Å². The topological polar surface area (TPSA) is 87.3 Å². The molecule has 1 aliphatic heterocycles. The number of sulfonamides is 1. The summed E-state index contributed by atoms with van der Waals surface area (Å²) in [7, 11) is -3.53. The molecule has 1 aliphatic carbocycles. The number of carbonyl (C=O) groups excluding carboxylic acids is 1. The van der Waals surface area contributed by atoms with Gasteiger partial charge in [-0.3, -0.25) is 4.79 Å².